The first-order valence-corrected chi connectivity index (χ1v) is 9.99. The van der Waals surface area contributed by atoms with Crippen LogP contribution in [0.15, 0.2) is 47.6 Å². The zero-order valence-electron chi connectivity index (χ0n) is 16.3. The van der Waals surface area contributed by atoms with Crippen molar-refractivity contribution in [2.24, 2.45) is 0 Å². The molecule has 28 heavy (non-hydrogen) atoms. The van der Waals surface area contributed by atoms with E-state index in [0.29, 0.717) is 22.5 Å². The number of hydrogen-bond donors (Lipinski definition) is 2. The molecule has 3 aromatic rings. The van der Waals surface area contributed by atoms with Gasteiger partial charge in [-0.1, -0.05) is 55.9 Å². The molecule has 0 fully saturated rings. The quantitative estimate of drug-likeness (QED) is 0.563. The third-order valence-electron chi connectivity index (χ3n) is 4.42. The number of nitrogens with one attached hydrogen (secondary N) is 2. The van der Waals surface area contributed by atoms with Gasteiger partial charge >= 0.3 is 0 Å². The van der Waals surface area contributed by atoms with Gasteiger partial charge in [-0.3, -0.25) is 9.89 Å². The van der Waals surface area contributed by atoms with Crippen LogP contribution in [0.3, 0.4) is 0 Å². The Hall–Kier alpha value is -2.67. The van der Waals surface area contributed by atoms with Crippen LogP contribution < -0.4 is 5.32 Å². The molecule has 2 aromatic carbocycles. The van der Waals surface area contributed by atoms with E-state index in [-0.39, 0.29) is 11.7 Å². The summed E-state index contributed by atoms with van der Waals surface area (Å²) in [5.41, 5.74) is 3.33. The zero-order chi connectivity index (χ0) is 20.3. The molecular formula is C21H23FN4OS. The number of hydrogen-bond acceptors (Lipinski definition) is 4. The SMILES string of the molecule is Cc1cccc(C(C)C)c1NC(=O)C(C)Sc1n[nH]c(-c2ccccc2F)n1. The molecule has 0 bridgehead atoms. The van der Waals surface area contributed by atoms with Gasteiger partial charge in [0.05, 0.1) is 10.8 Å². The highest BCUT2D eigenvalue weighted by Gasteiger charge is 2.20. The summed E-state index contributed by atoms with van der Waals surface area (Å²) < 4.78 is 13.9. The predicted molar refractivity (Wildman–Crippen MR) is 111 cm³/mol. The number of benzene rings is 2. The maximum atomic E-state index is 13.9. The third-order valence-corrected chi connectivity index (χ3v) is 5.38. The predicted octanol–water partition coefficient (Wildman–Crippen LogP) is 5.16. The lowest BCUT2D eigenvalue weighted by Crippen LogP contribution is -2.24. The van der Waals surface area contributed by atoms with Crippen LogP contribution in [0.5, 0.6) is 0 Å². The maximum absolute atomic E-state index is 13.9. The summed E-state index contributed by atoms with van der Waals surface area (Å²) in [4.78, 5) is 17.0. The minimum atomic E-state index is -0.413. The number of aryl methyl sites for hydroxylation is 1. The van der Waals surface area contributed by atoms with Crippen molar-refractivity contribution in [3.63, 3.8) is 0 Å². The van der Waals surface area contributed by atoms with Crippen molar-refractivity contribution in [3.8, 4) is 11.4 Å². The van der Waals surface area contributed by atoms with Crippen LogP contribution in [0, 0.1) is 12.7 Å². The lowest BCUT2D eigenvalue weighted by Gasteiger charge is -2.18. The van der Waals surface area contributed by atoms with E-state index < -0.39 is 5.25 Å². The van der Waals surface area contributed by atoms with E-state index in [4.69, 9.17) is 0 Å². The number of nitrogens with zero attached hydrogens (tertiary/aromatic N) is 2. The molecule has 0 radical (unpaired) electrons. The number of thioether (sulfide) groups is 1. The van der Waals surface area contributed by atoms with Crippen LogP contribution in [0.1, 0.15) is 37.8 Å². The number of carbonyl (C=O) groups is 1. The molecule has 0 aliphatic carbocycles. The van der Waals surface area contributed by atoms with Crippen LogP contribution in [0.25, 0.3) is 11.4 Å². The van der Waals surface area contributed by atoms with Gasteiger partial charge in [0.2, 0.25) is 11.1 Å². The van der Waals surface area contributed by atoms with Gasteiger partial charge in [0.25, 0.3) is 0 Å². The Morgan fingerprint density at radius 1 is 1.14 bits per heavy atom. The lowest BCUT2D eigenvalue weighted by molar-refractivity contribution is -0.115. The van der Waals surface area contributed by atoms with Crippen LogP contribution in [-0.2, 0) is 4.79 Å². The Kier molecular flexibility index (Phi) is 6.14. The Morgan fingerprint density at radius 3 is 2.61 bits per heavy atom. The highest BCUT2D eigenvalue weighted by Crippen LogP contribution is 2.29. The minimum absolute atomic E-state index is 0.126. The molecule has 1 aromatic heterocycles. The Bertz CT molecular complexity index is 986. The highest BCUT2D eigenvalue weighted by atomic mass is 32.2. The Balaban J connectivity index is 1.72. The highest BCUT2D eigenvalue weighted by molar-refractivity contribution is 8.00. The molecule has 1 heterocycles. The average molecular weight is 399 g/mol. The molecule has 0 aliphatic heterocycles. The first-order chi connectivity index (χ1) is 13.4. The first-order valence-electron chi connectivity index (χ1n) is 9.11. The van der Waals surface area contributed by atoms with Gasteiger partial charge in [-0.15, -0.1) is 5.10 Å². The average Bonchev–Trinajstić information content (AvgIpc) is 3.11. The number of rotatable bonds is 6. The van der Waals surface area contributed by atoms with Gasteiger partial charge < -0.3 is 5.32 Å². The number of H-pyrrole nitrogens is 1. The maximum Gasteiger partial charge on any atom is 0.237 e. The molecule has 5 nitrogen and oxygen atoms in total. The fourth-order valence-electron chi connectivity index (χ4n) is 2.85. The van der Waals surface area contributed by atoms with E-state index in [1.807, 2.05) is 25.1 Å². The van der Waals surface area contributed by atoms with Gasteiger partial charge in [-0.2, -0.15) is 0 Å². The van der Waals surface area contributed by atoms with Crippen molar-refractivity contribution in [2.75, 3.05) is 5.32 Å². The Labute approximate surface area is 168 Å². The second kappa shape index (κ2) is 8.56. The van der Waals surface area contributed by atoms with Gasteiger partial charge in [0, 0.05) is 5.69 Å². The van der Waals surface area contributed by atoms with Gasteiger partial charge in [0.15, 0.2) is 5.82 Å². The van der Waals surface area contributed by atoms with Crippen molar-refractivity contribution >= 4 is 23.4 Å². The summed E-state index contributed by atoms with van der Waals surface area (Å²) in [5.74, 6) is 0.143. The molecule has 0 saturated heterocycles. The molecule has 7 heteroatoms. The molecule has 1 atom stereocenters. The number of halogens is 1. The van der Waals surface area contributed by atoms with E-state index in [1.165, 1.54) is 17.8 Å². The summed E-state index contributed by atoms with van der Waals surface area (Å²) in [6.45, 7) is 7.97. The summed E-state index contributed by atoms with van der Waals surface area (Å²) in [6, 6.07) is 12.4. The molecular weight excluding hydrogens is 375 g/mol. The molecule has 2 N–H and O–H groups in total. The standard InChI is InChI=1S/C21H23FN4OS/c1-12(2)15-10-7-8-13(3)18(15)23-20(27)14(4)28-21-24-19(25-26-21)16-9-5-6-11-17(16)22/h5-12,14H,1-4H3,(H,23,27)(H,24,25,26). The fraction of sp³-hybridized carbons (Fsp3) is 0.286. The monoisotopic (exact) mass is 398 g/mol. The fourth-order valence-corrected chi connectivity index (χ4v) is 3.58. The van der Waals surface area contributed by atoms with Crippen LogP contribution in [0.4, 0.5) is 10.1 Å². The van der Waals surface area contributed by atoms with E-state index in [9.17, 15) is 9.18 Å². The molecule has 3 rings (SSSR count). The molecule has 146 valence electrons. The van der Waals surface area contributed by atoms with Crippen molar-refractivity contribution in [1.29, 1.82) is 0 Å². The summed E-state index contributed by atoms with van der Waals surface area (Å²) in [7, 11) is 0. The summed E-state index contributed by atoms with van der Waals surface area (Å²) in [5, 5.41) is 9.87. The smallest absolute Gasteiger partial charge is 0.237 e. The summed E-state index contributed by atoms with van der Waals surface area (Å²) >= 11 is 1.22. The molecule has 1 amide bonds. The number of aromatic amines is 1. The van der Waals surface area contributed by atoms with Crippen LogP contribution >= 0.6 is 11.8 Å². The number of para-hydroxylation sites is 1. The van der Waals surface area contributed by atoms with E-state index in [1.54, 1.807) is 25.1 Å². The van der Waals surface area contributed by atoms with Gasteiger partial charge in [-0.25, -0.2) is 9.37 Å². The lowest BCUT2D eigenvalue weighted by atomic mass is 9.98. The molecule has 0 aliphatic rings. The van der Waals surface area contributed by atoms with E-state index in [0.717, 1.165) is 16.8 Å². The van der Waals surface area contributed by atoms with Crippen molar-refractivity contribution in [3.05, 3.63) is 59.4 Å². The second-order valence-corrected chi connectivity index (χ2v) is 8.20. The molecule has 0 saturated carbocycles. The zero-order valence-corrected chi connectivity index (χ0v) is 17.1. The third kappa shape index (κ3) is 4.42. The van der Waals surface area contributed by atoms with Crippen LogP contribution in [0.2, 0.25) is 0 Å². The summed E-state index contributed by atoms with van der Waals surface area (Å²) in [6.07, 6.45) is 0. The van der Waals surface area contributed by atoms with Gasteiger partial charge in [0.1, 0.15) is 5.82 Å². The van der Waals surface area contributed by atoms with Crippen molar-refractivity contribution in [1.82, 2.24) is 15.2 Å². The van der Waals surface area contributed by atoms with Crippen LogP contribution in [-0.4, -0.2) is 26.3 Å². The number of amides is 1. The second-order valence-electron chi connectivity index (χ2n) is 6.89. The number of carbonyl (C=O) groups excluding carboxylic acids is 1. The Morgan fingerprint density at radius 2 is 1.89 bits per heavy atom. The topological polar surface area (TPSA) is 70.7 Å². The normalized spacial score (nSPS) is 12.2. The van der Waals surface area contributed by atoms with E-state index >= 15 is 0 Å². The largest absolute Gasteiger partial charge is 0.325 e. The van der Waals surface area contributed by atoms with Crippen molar-refractivity contribution < 1.29 is 9.18 Å². The van der Waals surface area contributed by atoms with Crippen molar-refractivity contribution in [2.45, 2.75) is 44.0 Å². The minimum Gasteiger partial charge on any atom is -0.325 e. The first kappa shape index (κ1) is 20.1. The molecule has 0 spiro atoms. The number of aromatic nitrogens is 3. The van der Waals surface area contributed by atoms with Gasteiger partial charge in [-0.05, 0) is 43.0 Å². The molecule has 1 unspecified atom stereocenters. The van der Waals surface area contributed by atoms with E-state index in [2.05, 4.69) is 34.3 Å². The number of anilines is 1.